The molecule has 0 aliphatic heterocycles. The van der Waals surface area contributed by atoms with Gasteiger partial charge in [0.15, 0.2) is 5.84 Å². The summed E-state index contributed by atoms with van der Waals surface area (Å²) >= 11 is 5.91. The van der Waals surface area contributed by atoms with E-state index in [0.29, 0.717) is 17.4 Å². The van der Waals surface area contributed by atoms with Gasteiger partial charge < -0.3 is 5.73 Å². The molecule has 98 valence electrons. The van der Waals surface area contributed by atoms with E-state index in [2.05, 4.69) is 5.10 Å². The van der Waals surface area contributed by atoms with E-state index >= 15 is 0 Å². The van der Waals surface area contributed by atoms with Crippen LogP contribution in [-0.2, 0) is 6.54 Å². The van der Waals surface area contributed by atoms with Crippen molar-refractivity contribution in [1.29, 1.82) is 0 Å². The number of nitrogens with zero attached hydrogens (tertiary/aromatic N) is 2. The van der Waals surface area contributed by atoms with E-state index in [-0.39, 0.29) is 0 Å². The third-order valence-electron chi connectivity index (χ3n) is 2.54. The molecule has 0 aromatic heterocycles. The molecule has 0 unspecified atom stereocenters. The summed E-state index contributed by atoms with van der Waals surface area (Å²) in [6.45, 7) is 0.439. The second kappa shape index (κ2) is 6.22. The van der Waals surface area contributed by atoms with Crippen molar-refractivity contribution in [3.05, 3.63) is 70.7 Å². The number of rotatable bonds is 4. The van der Waals surface area contributed by atoms with E-state index in [9.17, 15) is 0 Å². The number of hydrazone groups is 1. The number of halogens is 1. The van der Waals surface area contributed by atoms with Crippen molar-refractivity contribution in [1.82, 2.24) is 5.12 Å². The summed E-state index contributed by atoms with van der Waals surface area (Å²) in [6, 6.07) is 16.9. The van der Waals surface area contributed by atoms with Gasteiger partial charge in [-0.15, -0.1) is 5.10 Å². The van der Waals surface area contributed by atoms with Gasteiger partial charge in [0, 0.05) is 10.6 Å². The molecule has 0 spiro atoms. The van der Waals surface area contributed by atoms with Crippen molar-refractivity contribution in [2.45, 2.75) is 6.54 Å². The van der Waals surface area contributed by atoms with Crippen LogP contribution in [0.5, 0.6) is 0 Å². The van der Waals surface area contributed by atoms with E-state index in [1.165, 1.54) is 5.12 Å². The lowest BCUT2D eigenvalue weighted by Crippen LogP contribution is -2.29. The summed E-state index contributed by atoms with van der Waals surface area (Å²) < 4.78 is 0. The molecule has 0 radical (unpaired) electrons. The fraction of sp³-hybridized carbons (Fsp3) is 0.0714. The molecule has 19 heavy (non-hydrogen) atoms. The Morgan fingerprint density at radius 3 is 2.53 bits per heavy atom. The molecule has 0 fully saturated rings. The van der Waals surface area contributed by atoms with Crippen LogP contribution in [-0.4, -0.2) is 11.0 Å². The molecular formula is C14H15ClN4. The maximum absolute atomic E-state index is 5.91. The summed E-state index contributed by atoms with van der Waals surface area (Å²) in [5, 5.41) is 6.11. The normalized spacial score (nSPS) is 11.4. The van der Waals surface area contributed by atoms with Crippen molar-refractivity contribution in [3.63, 3.8) is 0 Å². The Morgan fingerprint density at radius 1 is 1.11 bits per heavy atom. The standard InChI is InChI=1S/C14H15ClN4/c15-13-8-4-5-11(9-13)10-19(17)18-14(16)12-6-2-1-3-7-12/h1-9H,10,17H2,(H2,16,18). The van der Waals surface area contributed by atoms with Crippen LogP contribution in [0.15, 0.2) is 59.7 Å². The lowest BCUT2D eigenvalue weighted by molar-refractivity contribution is 0.290. The number of nitrogens with two attached hydrogens (primary N) is 2. The van der Waals surface area contributed by atoms with Crippen LogP contribution in [0.1, 0.15) is 11.1 Å². The molecule has 0 aliphatic rings. The molecule has 0 heterocycles. The maximum atomic E-state index is 5.91. The highest BCUT2D eigenvalue weighted by Gasteiger charge is 2.02. The first-order valence-electron chi connectivity index (χ1n) is 5.81. The van der Waals surface area contributed by atoms with Gasteiger partial charge >= 0.3 is 0 Å². The number of hydrogen-bond donors (Lipinski definition) is 2. The maximum Gasteiger partial charge on any atom is 0.152 e. The Bertz CT molecular complexity index is 569. The van der Waals surface area contributed by atoms with Crippen LogP contribution in [0.2, 0.25) is 5.02 Å². The molecule has 5 heteroatoms. The zero-order valence-electron chi connectivity index (χ0n) is 10.3. The minimum absolute atomic E-state index is 0.380. The average Bonchev–Trinajstić information content (AvgIpc) is 2.39. The van der Waals surface area contributed by atoms with E-state index in [4.69, 9.17) is 23.2 Å². The highest BCUT2D eigenvalue weighted by Crippen LogP contribution is 2.11. The fourth-order valence-corrected chi connectivity index (χ4v) is 1.88. The first-order chi connectivity index (χ1) is 9.15. The Kier molecular flexibility index (Phi) is 4.39. The fourth-order valence-electron chi connectivity index (χ4n) is 1.66. The molecule has 2 rings (SSSR count). The smallest absolute Gasteiger partial charge is 0.152 e. The summed E-state index contributed by atoms with van der Waals surface area (Å²) in [6.07, 6.45) is 0. The van der Waals surface area contributed by atoms with Gasteiger partial charge in [0.25, 0.3) is 0 Å². The minimum Gasteiger partial charge on any atom is -0.382 e. The lowest BCUT2D eigenvalue weighted by Gasteiger charge is -2.13. The predicted molar refractivity (Wildman–Crippen MR) is 78.3 cm³/mol. The summed E-state index contributed by atoms with van der Waals surface area (Å²) in [5.41, 5.74) is 7.69. The zero-order chi connectivity index (χ0) is 13.7. The Balaban J connectivity index is 2.06. The van der Waals surface area contributed by atoms with Crippen LogP contribution < -0.4 is 11.6 Å². The topological polar surface area (TPSA) is 67.6 Å². The molecule has 2 aromatic rings. The van der Waals surface area contributed by atoms with Gasteiger partial charge in [-0.2, -0.15) is 0 Å². The quantitative estimate of drug-likeness (QED) is 0.389. The number of hydrazine groups is 1. The Hall–Kier alpha value is -2.04. The molecule has 0 atom stereocenters. The van der Waals surface area contributed by atoms with Gasteiger partial charge in [0.1, 0.15) is 0 Å². The van der Waals surface area contributed by atoms with Gasteiger partial charge in [-0.1, -0.05) is 54.1 Å². The molecule has 0 amide bonds. The Morgan fingerprint density at radius 2 is 1.84 bits per heavy atom. The largest absolute Gasteiger partial charge is 0.382 e. The third kappa shape index (κ3) is 3.98. The molecule has 4 N–H and O–H groups in total. The van der Waals surface area contributed by atoms with E-state index < -0.39 is 0 Å². The number of hydrogen-bond acceptors (Lipinski definition) is 3. The van der Waals surface area contributed by atoms with Gasteiger partial charge in [0.05, 0.1) is 6.54 Å². The van der Waals surface area contributed by atoms with Crippen molar-refractivity contribution in [2.24, 2.45) is 16.7 Å². The van der Waals surface area contributed by atoms with E-state index in [0.717, 1.165) is 11.1 Å². The molecule has 0 aliphatic carbocycles. The predicted octanol–water partition coefficient (Wildman–Crippen LogP) is 2.34. The molecule has 2 aromatic carbocycles. The van der Waals surface area contributed by atoms with Gasteiger partial charge in [-0.3, -0.25) is 0 Å². The van der Waals surface area contributed by atoms with Gasteiger partial charge in [0.2, 0.25) is 0 Å². The second-order valence-corrected chi connectivity index (χ2v) is 4.52. The van der Waals surface area contributed by atoms with Crippen molar-refractivity contribution >= 4 is 17.4 Å². The van der Waals surface area contributed by atoms with Gasteiger partial charge in [-0.05, 0) is 17.7 Å². The third-order valence-corrected chi connectivity index (χ3v) is 2.77. The van der Waals surface area contributed by atoms with Crippen LogP contribution in [0, 0.1) is 0 Å². The van der Waals surface area contributed by atoms with Crippen molar-refractivity contribution < 1.29 is 0 Å². The van der Waals surface area contributed by atoms with E-state index in [1.54, 1.807) is 0 Å². The summed E-state index contributed by atoms with van der Waals surface area (Å²) in [5.74, 6) is 6.20. The van der Waals surface area contributed by atoms with E-state index in [1.807, 2.05) is 54.6 Å². The van der Waals surface area contributed by atoms with Crippen LogP contribution >= 0.6 is 11.6 Å². The van der Waals surface area contributed by atoms with Crippen LogP contribution in [0.25, 0.3) is 0 Å². The van der Waals surface area contributed by atoms with Crippen LogP contribution in [0.3, 0.4) is 0 Å². The van der Waals surface area contributed by atoms with Gasteiger partial charge in [-0.25, -0.2) is 11.0 Å². The average molecular weight is 275 g/mol. The Labute approximate surface area is 117 Å². The monoisotopic (exact) mass is 274 g/mol. The molecule has 0 saturated heterocycles. The minimum atomic E-state index is 0.380. The zero-order valence-corrected chi connectivity index (χ0v) is 11.1. The SMILES string of the molecule is N/C(=N\N(N)Cc1cccc(Cl)c1)c1ccccc1. The first kappa shape index (κ1) is 13.4. The van der Waals surface area contributed by atoms with Crippen molar-refractivity contribution in [3.8, 4) is 0 Å². The molecular weight excluding hydrogens is 260 g/mol. The highest BCUT2D eigenvalue weighted by atomic mass is 35.5. The molecule has 4 nitrogen and oxygen atoms in total. The summed E-state index contributed by atoms with van der Waals surface area (Å²) in [7, 11) is 0. The molecule has 0 bridgehead atoms. The number of benzene rings is 2. The first-order valence-corrected chi connectivity index (χ1v) is 6.19. The number of amidine groups is 1. The molecule has 0 saturated carbocycles. The highest BCUT2D eigenvalue weighted by molar-refractivity contribution is 6.30. The second-order valence-electron chi connectivity index (χ2n) is 4.08. The summed E-state index contributed by atoms with van der Waals surface area (Å²) in [4.78, 5) is 0. The van der Waals surface area contributed by atoms with Crippen LogP contribution in [0.4, 0.5) is 0 Å². The lowest BCUT2D eigenvalue weighted by atomic mass is 10.2. The van der Waals surface area contributed by atoms with Crippen molar-refractivity contribution in [2.75, 3.05) is 0 Å².